The van der Waals surface area contributed by atoms with Gasteiger partial charge in [-0.15, -0.1) is 0 Å². The predicted octanol–water partition coefficient (Wildman–Crippen LogP) is 3.94. The molecule has 88 valence electrons. The van der Waals surface area contributed by atoms with Gasteiger partial charge in [0.25, 0.3) is 0 Å². The van der Waals surface area contributed by atoms with E-state index < -0.39 is 0 Å². The van der Waals surface area contributed by atoms with Gasteiger partial charge in [0.2, 0.25) is 0 Å². The summed E-state index contributed by atoms with van der Waals surface area (Å²) in [6.07, 6.45) is 0. The summed E-state index contributed by atoms with van der Waals surface area (Å²) in [6, 6.07) is 17.4. The highest BCUT2D eigenvalue weighted by molar-refractivity contribution is 5.47. The van der Waals surface area contributed by atoms with Crippen LogP contribution in [0.25, 0.3) is 0 Å². The summed E-state index contributed by atoms with van der Waals surface area (Å²) in [5.41, 5.74) is 5.22. The minimum atomic E-state index is 0.948. The van der Waals surface area contributed by atoms with Gasteiger partial charge < -0.3 is 4.90 Å². The molecule has 0 radical (unpaired) electrons. The maximum atomic E-state index is 2.27. The highest BCUT2D eigenvalue weighted by Gasteiger charge is 2.01. The van der Waals surface area contributed by atoms with Gasteiger partial charge in [-0.05, 0) is 31.5 Å². The van der Waals surface area contributed by atoms with Gasteiger partial charge in [-0.25, -0.2) is 0 Å². The first-order valence-corrected chi connectivity index (χ1v) is 5.98. The molecule has 17 heavy (non-hydrogen) atoms. The second-order valence-corrected chi connectivity index (χ2v) is 4.68. The molecule has 0 aromatic heterocycles. The second kappa shape index (κ2) is 5.05. The average molecular weight is 225 g/mol. The minimum absolute atomic E-state index is 0.948. The Bertz CT molecular complexity index is 468. The zero-order valence-electron chi connectivity index (χ0n) is 10.8. The van der Waals surface area contributed by atoms with E-state index in [0.717, 1.165) is 6.54 Å². The predicted molar refractivity (Wildman–Crippen MR) is 74.5 cm³/mol. The number of rotatable bonds is 3. The van der Waals surface area contributed by atoms with Crippen LogP contribution in [0.2, 0.25) is 0 Å². The van der Waals surface area contributed by atoms with Gasteiger partial charge >= 0.3 is 0 Å². The van der Waals surface area contributed by atoms with Crippen molar-refractivity contribution in [2.75, 3.05) is 11.9 Å². The van der Waals surface area contributed by atoms with Gasteiger partial charge in [0, 0.05) is 19.3 Å². The molecule has 0 amide bonds. The molecule has 0 saturated carbocycles. The van der Waals surface area contributed by atoms with E-state index in [1.54, 1.807) is 0 Å². The van der Waals surface area contributed by atoms with Crippen LogP contribution in [0.3, 0.4) is 0 Å². The Morgan fingerprint density at radius 1 is 0.765 bits per heavy atom. The van der Waals surface area contributed by atoms with Gasteiger partial charge in [-0.1, -0.05) is 47.5 Å². The van der Waals surface area contributed by atoms with Crippen LogP contribution in [0.15, 0.2) is 48.5 Å². The zero-order chi connectivity index (χ0) is 12.3. The topological polar surface area (TPSA) is 3.24 Å². The van der Waals surface area contributed by atoms with E-state index in [4.69, 9.17) is 0 Å². The number of aryl methyl sites for hydroxylation is 2. The lowest BCUT2D eigenvalue weighted by Crippen LogP contribution is -2.16. The Morgan fingerprint density at radius 2 is 1.24 bits per heavy atom. The number of anilines is 1. The van der Waals surface area contributed by atoms with E-state index in [1.807, 2.05) is 0 Å². The van der Waals surface area contributed by atoms with Crippen molar-refractivity contribution in [3.8, 4) is 0 Å². The van der Waals surface area contributed by atoms with Gasteiger partial charge in [0.05, 0.1) is 0 Å². The Labute approximate surface area is 104 Å². The van der Waals surface area contributed by atoms with E-state index in [2.05, 4.69) is 74.3 Å². The number of hydrogen-bond donors (Lipinski definition) is 0. The largest absolute Gasteiger partial charge is 0.370 e. The molecule has 2 aromatic carbocycles. The van der Waals surface area contributed by atoms with Crippen molar-refractivity contribution in [3.05, 3.63) is 65.2 Å². The van der Waals surface area contributed by atoms with Gasteiger partial charge in [-0.3, -0.25) is 0 Å². The van der Waals surface area contributed by atoms with Crippen LogP contribution in [0, 0.1) is 13.8 Å². The van der Waals surface area contributed by atoms with E-state index in [0.29, 0.717) is 0 Å². The SMILES string of the molecule is Cc1ccc(CN(C)c2ccc(C)cc2)cc1. The van der Waals surface area contributed by atoms with Gasteiger partial charge in [-0.2, -0.15) is 0 Å². The van der Waals surface area contributed by atoms with Crippen molar-refractivity contribution < 1.29 is 0 Å². The molecule has 0 aliphatic carbocycles. The summed E-state index contributed by atoms with van der Waals surface area (Å²) in [7, 11) is 2.13. The van der Waals surface area contributed by atoms with Crippen molar-refractivity contribution in [2.24, 2.45) is 0 Å². The summed E-state index contributed by atoms with van der Waals surface area (Å²) >= 11 is 0. The van der Waals surface area contributed by atoms with Crippen LogP contribution in [-0.2, 0) is 6.54 Å². The lowest BCUT2D eigenvalue weighted by Gasteiger charge is -2.19. The quantitative estimate of drug-likeness (QED) is 0.764. The third-order valence-corrected chi connectivity index (χ3v) is 3.02. The number of hydrogen-bond acceptors (Lipinski definition) is 1. The standard InChI is InChI=1S/C16H19N/c1-13-4-8-15(9-5-13)12-17(3)16-10-6-14(2)7-11-16/h4-11H,12H2,1-3H3. The molecule has 1 heteroatoms. The molecule has 0 spiro atoms. The molecule has 2 aromatic rings. The summed E-state index contributed by atoms with van der Waals surface area (Å²) in [6.45, 7) is 5.18. The Balaban J connectivity index is 2.08. The van der Waals surface area contributed by atoms with Crippen molar-refractivity contribution in [3.63, 3.8) is 0 Å². The second-order valence-electron chi connectivity index (χ2n) is 4.68. The van der Waals surface area contributed by atoms with Crippen LogP contribution in [0.5, 0.6) is 0 Å². The minimum Gasteiger partial charge on any atom is -0.370 e. The summed E-state index contributed by atoms with van der Waals surface area (Å²) in [4.78, 5) is 2.27. The molecule has 0 unspecified atom stereocenters. The van der Waals surface area contributed by atoms with E-state index in [9.17, 15) is 0 Å². The smallest absolute Gasteiger partial charge is 0.0426 e. The molecule has 0 aliphatic heterocycles. The average Bonchev–Trinajstić information content (AvgIpc) is 2.33. The van der Waals surface area contributed by atoms with Crippen LogP contribution in [0.1, 0.15) is 16.7 Å². The molecule has 2 rings (SSSR count). The third kappa shape index (κ3) is 3.10. The van der Waals surface area contributed by atoms with Gasteiger partial charge in [0.1, 0.15) is 0 Å². The fourth-order valence-electron chi connectivity index (χ4n) is 1.86. The van der Waals surface area contributed by atoms with Crippen molar-refractivity contribution in [1.82, 2.24) is 0 Å². The van der Waals surface area contributed by atoms with E-state index >= 15 is 0 Å². The molecular weight excluding hydrogens is 206 g/mol. The zero-order valence-corrected chi connectivity index (χ0v) is 10.8. The van der Waals surface area contributed by atoms with Crippen molar-refractivity contribution in [1.29, 1.82) is 0 Å². The van der Waals surface area contributed by atoms with Gasteiger partial charge in [0.15, 0.2) is 0 Å². The first-order chi connectivity index (χ1) is 8.15. The Morgan fingerprint density at radius 3 is 1.76 bits per heavy atom. The van der Waals surface area contributed by atoms with Crippen molar-refractivity contribution >= 4 is 5.69 Å². The van der Waals surface area contributed by atoms with Crippen LogP contribution >= 0.6 is 0 Å². The molecule has 0 fully saturated rings. The summed E-state index contributed by atoms with van der Waals surface area (Å²) in [5, 5.41) is 0. The first kappa shape index (κ1) is 11.7. The van der Waals surface area contributed by atoms with Crippen LogP contribution in [0.4, 0.5) is 5.69 Å². The lowest BCUT2D eigenvalue weighted by atomic mass is 10.1. The molecule has 0 aliphatic rings. The third-order valence-electron chi connectivity index (χ3n) is 3.02. The molecule has 0 atom stereocenters. The number of benzene rings is 2. The Hall–Kier alpha value is -1.76. The van der Waals surface area contributed by atoms with Crippen LogP contribution < -0.4 is 4.90 Å². The lowest BCUT2D eigenvalue weighted by molar-refractivity contribution is 0.922. The molecule has 1 nitrogen and oxygen atoms in total. The fraction of sp³-hybridized carbons (Fsp3) is 0.250. The highest BCUT2D eigenvalue weighted by atomic mass is 15.1. The fourth-order valence-corrected chi connectivity index (χ4v) is 1.86. The highest BCUT2D eigenvalue weighted by Crippen LogP contribution is 2.16. The molecule has 0 N–H and O–H groups in total. The monoisotopic (exact) mass is 225 g/mol. The summed E-state index contributed by atoms with van der Waals surface area (Å²) in [5.74, 6) is 0. The molecule has 0 heterocycles. The first-order valence-electron chi connectivity index (χ1n) is 5.98. The maximum absolute atomic E-state index is 2.27. The molecule has 0 saturated heterocycles. The van der Waals surface area contributed by atoms with E-state index in [-0.39, 0.29) is 0 Å². The maximum Gasteiger partial charge on any atom is 0.0426 e. The number of nitrogens with zero attached hydrogens (tertiary/aromatic N) is 1. The van der Waals surface area contributed by atoms with Crippen LogP contribution in [-0.4, -0.2) is 7.05 Å². The summed E-state index contributed by atoms with van der Waals surface area (Å²) < 4.78 is 0. The Kier molecular flexibility index (Phi) is 3.48. The molecular formula is C16H19N. The van der Waals surface area contributed by atoms with Crippen molar-refractivity contribution in [2.45, 2.75) is 20.4 Å². The molecule has 0 bridgehead atoms. The van der Waals surface area contributed by atoms with E-state index in [1.165, 1.54) is 22.4 Å². The normalized spacial score (nSPS) is 10.3.